The molecule has 0 aliphatic heterocycles. The van der Waals surface area contributed by atoms with Crippen molar-refractivity contribution in [2.24, 2.45) is 0 Å². The van der Waals surface area contributed by atoms with Gasteiger partial charge in [0.05, 0.1) is 11.9 Å². The predicted molar refractivity (Wildman–Crippen MR) is 68.1 cm³/mol. The molecule has 0 radical (unpaired) electrons. The summed E-state index contributed by atoms with van der Waals surface area (Å²) in [7, 11) is 0. The zero-order valence-electron chi connectivity index (χ0n) is 9.90. The number of nitrogens with zero attached hydrogens (tertiary/aromatic N) is 1. The van der Waals surface area contributed by atoms with E-state index in [1.165, 1.54) is 0 Å². The Morgan fingerprint density at radius 2 is 2.06 bits per heavy atom. The molecule has 2 aromatic rings. The number of hydrogen-bond donors (Lipinski definition) is 1. The van der Waals surface area contributed by atoms with E-state index in [4.69, 9.17) is 0 Å². The Hall–Kier alpha value is -2.16. The van der Waals surface area contributed by atoms with Gasteiger partial charge in [-0.05, 0) is 37.6 Å². The van der Waals surface area contributed by atoms with Gasteiger partial charge in [-0.1, -0.05) is 17.7 Å². The zero-order valence-corrected chi connectivity index (χ0v) is 9.90. The molecule has 1 aromatic heterocycles. The Kier molecular flexibility index (Phi) is 3.19. The second kappa shape index (κ2) is 4.78. The maximum Gasteiger partial charge on any atom is 0.255 e. The van der Waals surface area contributed by atoms with Gasteiger partial charge in [0.1, 0.15) is 0 Å². The molecule has 0 spiro atoms. The lowest BCUT2D eigenvalue weighted by Gasteiger charge is -2.07. The highest BCUT2D eigenvalue weighted by molar-refractivity contribution is 6.05. The number of benzene rings is 1. The first kappa shape index (κ1) is 11.3. The highest BCUT2D eigenvalue weighted by atomic mass is 16.1. The van der Waals surface area contributed by atoms with Crippen molar-refractivity contribution >= 4 is 11.6 Å². The first-order valence-electron chi connectivity index (χ1n) is 5.45. The Morgan fingerprint density at radius 1 is 1.24 bits per heavy atom. The summed E-state index contributed by atoms with van der Waals surface area (Å²) in [6.45, 7) is 3.95. The minimum absolute atomic E-state index is 0.101. The van der Waals surface area contributed by atoms with Crippen LogP contribution >= 0.6 is 0 Å². The largest absolute Gasteiger partial charge is 0.321 e. The van der Waals surface area contributed by atoms with E-state index in [1.807, 2.05) is 38.1 Å². The number of aryl methyl sites for hydroxylation is 2. The lowest BCUT2D eigenvalue weighted by molar-refractivity contribution is 0.102. The molecule has 0 aliphatic carbocycles. The SMILES string of the molecule is Cc1ccc(C(=O)Nc2cccnc2)c(C)c1. The predicted octanol–water partition coefficient (Wildman–Crippen LogP) is 2.95. The van der Waals surface area contributed by atoms with Crippen LogP contribution in [-0.4, -0.2) is 10.9 Å². The number of rotatable bonds is 2. The van der Waals surface area contributed by atoms with Crippen molar-refractivity contribution in [3.05, 3.63) is 59.4 Å². The van der Waals surface area contributed by atoms with Crippen LogP contribution in [0.4, 0.5) is 5.69 Å². The fourth-order valence-corrected chi connectivity index (χ4v) is 1.70. The van der Waals surface area contributed by atoms with Crippen LogP contribution in [0.15, 0.2) is 42.7 Å². The molecule has 0 aliphatic rings. The molecule has 1 heterocycles. The van der Waals surface area contributed by atoms with Gasteiger partial charge in [-0.15, -0.1) is 0 Å². The fraction of sp³-hybridized carbons (Fsp3) is 0.143. The van der Waals surface area contributed by atoms with Crippen molar-refractivity contribution in [3.63, 3.8) is 0 Å². The number of amides is 1. The summed E-state index contributed by atoms with van der Waals surface area (Å²) in [5.74, 6) is -0.101. The number of carbonyl (C=O) groups excluding carboxylic acids is 1. The lowest BCUT2D eigenvalue weighted by Crippen LogP contribution is -2.13. The lowest BCUT2D eigenvalue weighted by atomic mass is 10.1. The summed E-state index contributed by atoms with van der Waals surface area (Å²) in [4.78, 5) is 16.0. The number of anilines is 1. The van der Waals surface area contributed by atoms with E-state index in [0.717, 1.165) is 11.1 Å². The first-order chi connectivity index (χ1) is 8.16. The zero-order chi connectivity index (χ0) is 12.3. The third-order valence-corrected chi connectivity index (χ3v) is 2.55. The third-order valence-electron chi connectivity index (χ3n) is 2.55. The number of nitrogens with one attached hydrogen (secondary N) is 1. The van der Waals surface area contributed by atoms with Crippen molar-refractivity contribution in [3.8, 4) is 0 Å². The molecule has 0 bridgehead atoms. The Morgan fingerprint density at radius 3 is 2.71 bits per heavy atom. The molecular formula is C14H14N2O. The van der Waals surface area contributed by atoms with Gasteiger partial charge in [0.25, 0.3) is 5.91 Å². The van der Waals surface area contributed by atoms with Crippen LogP contribution in [-0.2, 0) is 0 Å². The van der Waals surface area contributed by atoms with Crippen LogP contribution in [0, 0.1) is 13.8 Å². The summed E-state index contributed by atoms with van der Waals surface area (Å²) >= 11 is 0. The Labute approximate surface area is 101 Å². The number of carbonyl (C=O) groups is 1. The minimum Gasteiger partial charge on any atom is -0.321 e. The van der Waals surface area contributed by atoms with Crippen molar-refractivity contribution in [1.29, 1.82) is 0 Å². The van der Waals surface area contributed by atoms with Gasteiger partial charge in [0, 0.05) is 11.8 Å². The van der Waals surface area contributed by atoms with Crippen LogP contribution in [0.5, 0.6) is 0 Å². The Balaban J connectivity index is 2.21. The monoisotopic (exact) mass is 226 g/mol. The first-order valence-corrected chi connectivity index (χ1v) is 5.45. The van der Waals surface area contributed by atoms with Gasteiger partial charge in [0.15, 0.2) is 0 Å². The van der Waals surface area contributed by atoms with Gasteiger partial charge in [-0.2, -0.15) is 0 Å². The highest BCUT2D eigenvalue weighted by Crippen LogP contribution is 2.13. The van der Waals surface area contributed by atoms with E-state index in [1.54, 1.807) is 18.5 Å². The van der Waals surface area contributed by atoms with Gasteiger partial charge in [-0.25, -0.2) is 0 Å². The molecule has 2 rings (SSSR count). The van der Waals surface area contributed by atoms with Crippen LogP contribution in [0.2, 0.25) is 0 Å². The molecule has 0 atom stereocenters. The van der Waals surface area contributed by atoms with E-state index in [-0.39, 0.29) is 5.91 Å². The summed E-state index contributed by atoms with van der Waals surface area (Å²) < 4.78 is 0. The molecule has 1 aromatic carbocycles. The van der Waals surface area contributed by atoms with Crippen LogP contribution < -0.4 is 5.32 Å². The molecule has 0 saturated heterocycles. The molecule has 3 nitrogen and oxygen atoms in total. The van der Waals surface area contributed by atoms with Crippen LogP contribution in [0.1, 0.15) is 21.5 Å². The van der Waals surface area contributed by atoms with E-state index in [2.05, 4.69) is 10.3 Å². The number of pyridine rings is 1. The molecule has 3 heteroatoms. The summed E-state index contributed by atoms with van der Waals surface area (Å²) in [5, 5.41) is 2.82. The standard InChI is InChI=1S/C14H14N2O/c1-10-5-6-13(11(2)8-10)14(17)16-12-4-3-7-15-9-12/h3-9H,1-2H3,(H,16,17). The van der Waals surface area contributed by atoms with Gasteiger partial charge in [0.2, 0.25) is 0 Å². The van der Waals surface area contributed by atoms with Gasteiger partial charge < -0.3 is 5.32 Å². The minimum atomic E-state index is -0.101. The van der Waals surface area contributed by atoms with Crippen molar-refractivity contribution in [2.75, 3.05) is 5.32 Å². The van der Waals surface area contributed by atoms with E-state index < -0.39 is 0 Å². The smallest absolute Gasteiger partial charge is 0.255 e. The van der Waals surface area contributed by atoms with E-state index >= 15 is 0 Å². The topological polar surface area (TPSA) is 42.0 Å². The fourth-order valence-electron chi connectivity index (χ4n) is 1.70. The average Bonchev–Trinajstić information content (AvgIpc) is 2.30. The van der Waals surface area contributed by atoms with Crippen LogP contribution in [0.3, 0.4) is 0 Å². The van der Waals surface area contributed by atoms with Crippen molar-refractivity contribution in [2.45, 2.75) is 13.8 Å². The molecule has 86 valence electrons. The number of hydrogen-bond acceptors (Lipinski definition) is 2. The molecule has 1 N–H and O–H groups in total. The molecular weight excluding hydrogens is 212 g/mol. The summed E-state index contributed by atoms with van der Waals surface area (Å²) in [6.07, 6.45) is 3.30. The summed E-state index contributed by atoms with van der Waals surface area (Å²) in [6, 6.07) is 9.38. The van der Waals surface area contributed by atoms with Crippen molar-refractivity contribution < 1.29 is 4.79 Å². The third kappa shape index (κ3) is 2.69. The second-order valence-electron chi connectivity index (χ2n) is 4.01. The average molecular weight is 226 g/mol. The maximum atomic E-state index is 12.0. The molecule has 0 fully saturated rings. The van der Waals surface area contributed by atoms with Gasteiger partial charge >= 0.3 is 0 Å². The Bertz CT molecular complexity index is 535. The van der Waals surface area contributed by atoms with E-state index in [0.29, 0.717) is 11.3 Å². The second-order valence-corrected chi connectivity index (χ2v) is 4.01. The van der Waals surface area contributed by atoms with Gasteiger partial charge in [-0.3, -0.25) is 9.78 Å². The highest BCUT2D eigenvalue weighted by Gasteiger charge is 2.08. The molecule has 0 unspecified atom stereocenters. The van der Waals surface area contributed by atoms with Crippen LogP contribution in [0.25, 0.3) is 0 Å². The molecule has 1 amide bonds. The molecule has 17 heavy (non-hydrogen) atoms. The van der Waals surface area contributed by atoms with Crippen molar-refractivity contribution in [1.82, 2.24) is 4.98 Å². The number of aromatic nitrogens is 1. The molecule has 0 saturated carbocycles. The normalized spacial score (nSPS) is 10.0. The quantitative estimate of drug-likeness (QED) is 0.855. The summed E-state index contributed by atoms with van der Waals surface area (Å²) in [5.41, 5.74) is 3.53. The maximum absolute atomic E-state index is 12.0. The van der Waals surface area contributed by atoms with E-state index in [9.17, 15) is 4.79 Å².